The van der Waals surface area contributed by atoms with Gasteiger partial charge in [0, 0.05) is 13.2 Å². The first-order valence-electron chi connectivity index (χ1n) is 7.17. The van der Waals surface area contributed by atoms with Gasteiger partial charge < -0.3 is 10.1 Å². The monoisotopic (exact) mass is 258 g/mol. The molecule has 0 amide bonds. The second-order valence-corrected chi connectivity index (χ2v) is 5.07. The first kappa shape index (κ1) is 14.0. The van der Waals surface area contributed by atoms with Gasteiger partial charge in [0.1, 0.15) is 0 Å². The molecular weight excluding hydrogens is 236 g/mol. The maximum atomic E-state index is 9.21. The van der Waals surface area contributed by atoms with E-state index in [-0.39, 0.29) is 5.92 Å². The number of nitrogens with zero attached hydrogens (tertiary/aromatic N) is 1. The van der Waals surface area contributed by atoms with Crippen LogP contribution in [0, 0.1) is 11.3 Å². The van der Waals surface area contributed by atoms with Crippen molar-refractivity contribution in [1.82, 2.24) is 5.32 Å². The summed E-state index contributed by atoms with van der Waals surface area (Å²) >= 11 is 0. The Bertz CT molecular complexity index is 393. The summed E-state index contributed by atoms with van der Waals surface area (Å²) in [4.78, 5) is 0. The van der Waals surface area contributed by atoms with Gasteiger partial charge in [0.2, 0.25) is 0 Å². The minimum absolute atomic E-state index is 0.0616. The average molecular weight is 258 g/mol. The predicted molar refractivity (Wildman–Crippen MR) is 75.9 cm³/mol. The van der Waals surface area contributed by atoms with Gasteiger partial charge in [0.15, 0.2) is 0 Å². The van der Waals surface area contributed by atoms with Crippen LogP contribution in [0.4, 0.5) is 0 Å². The molecule has 0 saturated carbocycles. The third kappa shape index (κ3) is 4.66. The summed E-state index contributed by atoms with van der Waals surface area (Å²) < 4.78 is 5.69. The number of benzene rings is 1. The van der Waals surface area contributed by atoms with Crippen LogP contribution in [0.3, 0.4) is 0 Å². The topological polar surface area (TPSA) is 45.0 Å². The zero-order chi connectivity index (χ0) is 13.3. The third-order valence-electron chi connectivity index (χ3n) is 3.62. The van der Waals surface area contributed by atoms with Crippen molar-refractivity contribution in [2.24, 2.45) is 0 Å². The zero-order valence-corrected chi connectivity index (χ0v) is 11.3. The van der Waals surface area contributed by atoms with Crippen LogP contribution in [0.15, 0.2) is 30.3 Å². The van der Waals surface area contributed by atoms with E-state index in [0.29, 0.717) is 12.6 Å². The Kier molecular flexibility index (Phi) is 5.87. The van der Waals surface area contributed by atoms with Crippen molar-refractivity contribution < 1.29 is 4.74 Å². The van der Waals surface area contributed by atoms with Gasteiger partial charge in [-0.05, 0) is 37.8 Å². The maximum Gasteiger partial charge on any atom is 0.0837 e. The van der Waals surface area contributed by atoms with E-state index in [1.54, 1.807) is 0 Å². The summed E-state index contributed by atoms with van der Waals surface area (Å²) in [6.45, 7) is 2.55. The molecular formula is C16H22N2O. The lowest BCUT2D eigenvalue weighted by atomic mass is 10.0. The van der Waals surface area contributed by atoms with E-state index >= 15 is 0 Å². The van der Waals surface area contributed by atoms with Crippen LogP contribution < -0.4 is 5.32 Å². The van der Waals surface area contributed by atoms with Crippen molar-refractivity contribution >= 4 is 0 Å². The van der Waals surface area contributed by atoms with E-state index in [9.17, 15) is 5.26 Å². The molecule has 1 fully saturated rings. The van der Waals surface area contributed by atoms with E-state index in [1.165, 1.54) is 19.3 Å². The molecule has 1 aromatic carbocycles. The van der Waals surface area contributed by atoms with Crippen LogP contribution in [-0.4, -0.2) is 25.8 Å². The molecule has 0 radical (unpaired) electrons. The molecule has 1 aliphatic rings. The average Bonchev–Trinajstić information content (AvgIpc) is 2.49. The molecule has 3 heteroatoms. The van der Waals surface area contributed by atoms with E-state index in [1.807, 2.05) is 30.3 Å². The fourth-order valence-corrected chi connectivity index (χ4v) is 2.47. The number of hydrogen-bond donors (Lipinski definition) is 1. The number of nitrogens with one attached hydrogen (secondary N) is 1. The Morgan fingerprint density at radius 3 is 2.84 bits per heavy atom. The van der Waals surface area contributed by atoms with E-state index < -0.39 is 0 Å². The summed E-state index contributed by atoms with van der Waals surface area (Å²) in [6.07, 6.45) is 5.14. The van der Waals surface area contributed by atoms with Crippen molar-refractivity contribution in [2.75, 3.05) is 19.7 Å². The molecule has 1 saturated heterocycles. The van der Waals surface area contributed by atoms with Crippen LogP contribution in [0.1, 0.15) is 37.2 Å². The van der Waals surface area contributed by atoms with Gasteiger partial charge >= 0.3 is 0 Å². The Balaban J connectivity index is 1.68. The van der Waals surface area contributed by atoms with Crippen molar-refractivity contribution in [3.8, 4) is 6.07 Å². The summed E-state index contributed by atoms with van der Waals surface area (Å²) in [5.74, 6) is -0.0616. The van der Waals surface area contributed by atoms with Gasteiger partial charge in [-0.1, -0.05) is 30.3 Å². The minimum atomic E-state index is -0.0616. The van der Waals surface area contributed by atoms with Crippen LogP contribution >= 0.6 is 0 Å². The fraction of sp³-hybridized carbons (Fsp3) is 0.562. The summed E-state index contributed by atoms with van der Waals surface area (Å²) in [6, 6.07) is 12.3. The molecule has 2 rings (SSSR count). The fourth-order valence-electron chi connectivity index (χ4n) is 2.47. The maximum absolute atomic E-state index is 9.21. The van der Waals surface area contributed by atoms with Crippen LogP contribution in [0.2, 0.25) is 0 Å². The zero-order valence-electron chi connectivity index (χ0n) is 11.3. The molecule has 0 aromatic heterocycles. The molecule has 0 aliphatic carbocycles. The van der Waals surface area contributed by atoms with Crippen molar-refractivity contribution in [2.45, 2.75) is 37.7 Å². The first-order valence-corrected chi connectivity index (χ1v) is 7.17. The minimum Gasteiger partial charge on any atom is -0.378 e. The highest BCUT2D eigenvalue weighted by Gasteiger charge is 2.14. The molecule has 3 nitrogen and oxygen atoms in total. The van der Waals surface area contributed by atoms with Gasteiger partial charge in [0.25, 0.3) is 0 Å². The molecule has 2 atom stereocenters. The van der Waals surface area contributed by atoms with Gasteiger partial charge in [-0.2, -0.15) is 5.26 Å². The summed E-state index contributed by atoms with van der Waals surface area (Å²) in [5, 5.41) is 12.6. The van der Waals surface area contributed by atoms with Crippen molar-refractivity contribution in [3.63, 3.8) is 0 Å². The highest BCUT2D eigenvalue weighted by Crippen LogP contribution is 2.16. The van der Waals surface area contributed by atoms with Gasteiger partial charge in [0.05, 0.1) is 18.1 Å². The molecule has 2 unspecified atom stereocenters. The van der Waals surface area contributed by atoms with Crippen molar-refractivity contribution in [1.29, 1.82) is 5.26 Å². The van der Waals surface area contributed by atoms with Crippen LogP contribution in [-0.2, 0) is 4.74 Å². The lowest BCUT2D eigenvalue weighted by Gasteiger charge is -2.22. The first-order chi connectivity index (χ1) is 9.40. The quantitative estimate of drug-likeness (QED) is 0.798. The molecule has 1 heterocycles. The normalized spacial score (nSPS) is 20.7. The van der Waals surface area contributed by atoms with E-state index in [4.69, 9.17) is 4.74 Å². The highest BCUT2D eigenvalue weighted by molar-refractivity contribution is 5.24. The largest absolute Gasteiger partial charge is 0.378 e. The Hall–Kier alpha value is -1.37. The second kappa shape index (κ2) is 7.93. The molecule has 1 N–H and O–H groups in total. The number of nitriles is 1. The number of hydrogen-bond acceptors (Lipinski definition) is 3. The van der Waals surface area contributed by atoms with Crippen LogP contribution in [0.25, 0.3) is 0 Å². The summed E-state index contributed by atoms with van der Waals surface area (Å²) in [7, 11) is 0. The molecule has 1 aliphatic heterocycles. The molecule has 0 spiro atoms. The lowest BCUT2D eigenvalue weighted by Crippen LogP contribution is -2.27. The lowest BCUT2D eigenvalue weighted by molar-refractivity contribution is 0.0116. The Morgan fingerprint density at radius 2 is 2.16 bits per heavy atom. The number of rotatable bonds is 6. The Morgan fingerprint density at radius 1 is 1.32 bits per heavy atom. The SMILES string of the molecule is N#CC(CNCCC1CCCCO1)c1ccccc1. The van der Waals surface area contributed by atoms with Gasteiger partial charge in [-0.25, -0.2) is 0 Å². The van der Waals surface area contributed by atoms with Gasteiger partial charge in [-0.15, -0.1) is 0 Å². The standard InChI is InChI=1S/C16H22N2O/c17-12-15(14-6-2-1-3-7-14)13-18-10-9-16-8-4-5-11-19-16/h1-3,6-7,15-16,18H,4-5,8-11,13H2. The van der Waals surface area contributed by atoms with Gasteiger partial charge in [-0.3, -0.25) is 0 Å². The van der Waals surface area contributed by atoms with E-state index in [2.05, 4.69) is 11.4 Å². The summed E-state index contributed by atoms with van der Waals surface area (Å²) in [5.41, 5.74) is 1.09. The molecule has 0 bridgehead atoms. The van der Waals surface area contributed by atoms with Crippen molar-refractivity contribution in [3.05, 3.63) is 35.9 Å². The number of ether oxygens (including phenoxy) is 1. The second-order valence-electron chi connectivity index (χ2n) is 5.07. The smallest absolute Gasteiger partial charge is 0.0837 e. The molecule has 1 aromatic rings. The molecule has 19 heavy (non-hydrogen) atoms. The molecule has 102 valence electrons. The Labute approximate surface area is 115 Å². The van der Waals surface area contributed by atoms with E-state index in [0.717, 1.165) is 25.1 Å². The highest BCUT2D eigenvalue weighted by atomic mass is 16.5. The van der Waals surface area contributed by atoms with Crippen LogP contribution in [0.5, 0.6) is 0 Å². The third-order valence-corrected chi connectivity index (χ3v) is 3.62. The predicted octanol–water partition coefficient (Wildman–Crippen LogP) is 2.84.